The Morgan fingerprint density at radius 3 is 1.88 bits per heavy atom. The highest BCUT2D eigenvalue weighted by molar-refractivity contribution is 5.69. The van der Waals surface area contributed by atoms with Crippen molar-refractivity contribution in [3.05, 3.63) is 0 Å². The zero-order valence-corrected chi connectivity index (χ0v) is 15.8. The maximum atomic E-state index is 11.2. The van der Waals surface area contributed by atoms with Gasteiger partial charge in [-0.15, -0.1) is 0 Å². The van der Waals surface area contributed by atoms with Gasteiger partial charge in [-0.2, -0.15) is 0 Å². The van der Waals surface area contributed by atoms with Gasteiger partial charge in [0.15, 0.2) is 0 Å². The summed E-state index contributed by atoms with van der Waals surface area (Å²) in [6.07, 6.45) is 16.5. The molecule has 0 radical (unpaired) electrons. The van der Waals surface area contributed by atoms with Gasteiger partial charge in [-0.25, -0.2) is 0 Å². The third kappa shape index (κ3) is 17.7. The van der Waals surface area contributed by atoms with Crippen LogP contribution in [0.3, 0.4) is 0 Å². The molecule has 0 fully saturated rings. The highest BCUT2D eigenvalue weighted by Gasteiger charge is 2.05. The number of rotatable bonds is 18. The van der Waals surface area contributed by atoms with Crippen molar-refractivity contribution in [1.29, 1.82) is 0 Å². The summed E-state index contributed by atoms with van der Waals surface area (Å²) in [6.45, 7) is 2.24. The Bertz CT molecular complexity index is 268. The van der Waals surface area contributed by atoms with Crippen LogP contribution < -0.4 is 0 Å². The zero-order chi connectivity index (χ0) is 17.9. The van der Waals surface area contributed by atoms with Crippen LogP contribution in [0.15, 0.2) is 0 Å². The second kappa shape index (κ2) is 18.7. The number of hydrogen-bond donors (Lipinski definition) is 2. The third-order valence-electron chi connectivity index (χ3n) is 4.41. The summed E-state index contributed by atoms with van der Waals surface area (Å²) >= 11 is 0. The van der Waals surface area contributed by atoms with Gasteiger partial charge in [0.25, 0.3) is 0 Å². The van der Waals surface area contributed by atoms with E-state index in [1.165, 1.54) is 44.9 Å². The normalized spacial score (nSPS) is 12.3. The first-order valence-corrected chi connectivity index (χ1v) is 10.1. The number of carbonyl (C=O) groups excluding carboxylic acids is 1. The molecule has 0 aliphatic rings. The molecule has 24 heavy (non-hydrogen) atoms. The molecule has 0 aromatic rings. The largest absolute Gasteiger partial charge is 0.463 e. The topological polar surface area (TPSA) is 66.8 Å². The van der Waals surface area contributed by atoms with Gasteiger partial charge in [-0.1, -0.05) is 77.6 Å². The summed E-state index contributed by atoms with van der Waals surface area (Å²) in [5.41, 5.74) is 0. The number of hydrogen-bond acceptors (Lipinski definition) is 4. The van der Waals surface area contributed by atoms with Crippen LogP contribution in [0.5, 0.6) is 0 Å². The molecule has 144 valence electrons. The van der Waals surface area contributed by atoms with Crippen LogP contribution in [-0.2, 0) is 9.53 Å². The standard InChI is InChI=1S/C20H40O4/c1-2-3-4-5-6-7-8-11-14-19(22)15-12-9-10-13-16-20(23)24-18-17-21/h19,21-22H,2-18H2,1H3. The SMILES string of the molecule is CCCCCCCCCCC(O)CCCCCCC(=O)OCCO. The van der Waals surface area contributed by atoms with Gasteiger partial charge in [0.05, 0.1) is 12.7 Å². The second-order valence-electron chi connectivity index (χ2n) is 6.81. The highest BCUT2D eigenvalue weighted by atomic mass is 16.5. The second-order valence-corrected chi connectivity index (χ2v) is 6.81. The van der Waals surface area contributed by atoms with Crippen LogP contribution in [0.25, 0.3) is 0 Å². The van der Waals surface area contributed by atoms with Gasteiger partial charge in [-0.3, -0.25) is 4.79 Å². The molecule has 0 aromatic carbocycles. The van der Waals surface area contributed by atoms with Crippen LogP contribution in [-0.4, -0.2) is 35.5 Å². The maximum Gasteiger partial charge on any atom is 0.305 e. The van der Waals surface area contributed by atoms with Gasteiger partial charge in [-0.05, 0) is 19.3 Å². The first kappa shape index (κ1) is 23.4. The Hall–Kier alpha value is -0.610. The van der Waals surface area contributed by atoms with Crippen LogP contribution in [0.4, 0.5) is 0 Å². The van der Waals surface area contributed by atoms with Gasteiger partial charge in [0.2, 0.25) is 0 Å². The Kier molecular flexibility index (Phi) is 18.2. The zero-order valence-electron chi connectivity index (χ0n) is 15.8. The van der Waals surface area contributed by atoms with Crippen LogP contribution in [0.1, 0.15) is 103 Å². The number of carbonyl (C=O) groups is 1. The molecule has 0 heterocycles. The van der Waals surface area contributed by atoms with E-state index in [2.05, 4.69) is 6.92 Å². The molecule has 0 aliphatic carbocycles. The minimum absolute atomic E-state index is 0.101. The number of aliphatic hydroxyl groups excluding tert-OH is 2. The molecule has 0 saturated carbocycles. The van der Waals surface area contributed by atoms with Gasteiger partial charge >= 0.3 is 5.97 Å². The fourth-order valence-electron chi connectivity index (χ4n) is 2.89. The smallest absolute Gasteiger partial charge is 0.305 e. The first-order valence-electron chi connectivity index (χ1n) is 10.1. The summed E-state index contributed by atoms with van der Waals surface area (Å²) in [5.74, 6) is -0.223. The molecule has 2 N–H and O–H groups in total. The fraction of sp³-hybridized carbons (Fsp3) is 0.950. The Morgan fingerprint density at radius 1 is 0.833 bits per heavy atom. The average Bonchev–Trinajstić information content (AvgIpc) is 2.58. The van der Waals surface area contributed by atoms with Crippen LogP contribution >= 0.6 is 0 Å². The molecule has 0 rings (SSSR count). The minimum Gasteiger partial charge on any atom is -0.463 e. The van der Waals surface area contributed by atoms with Crippen molar-refractivity contribution in [3.8, 4) is 0 Å². The molecular weight excluding hydrogens is 304 g/mol. The van der Waals surface area contributed by atoms with Crippen molar-refractivity contribution in [3.63, 3.8) is 0 Å². The first-order chi connectivity index (χ1) is 11.7. The van der Waals surface area contributed by atoms with E-state index in [-0.39, 0.29) is 25.3 Å². The molecule has 0 bridgehead atoms. The van der Waals surface area contributed by atoms with E-state index in [0.29, 0.717) is 6.42 Å². The Morgan fingerprint density at radius 2 is 1.33 bits per heavy atom. The van der Waals surface area contributed by atoms with Crippen molar-refractivity contribution in [2.24, 2.45) is 0 Å². The van der Waals surface area contributed by atoms with E-state index in [1.807, 2.05) is 0 Å². The molecule has 0 amide bonds. The number of aliphatic hydroxyl groups is 2. The summed E-state index contributed by atoms with van der Waals surface area (Å²) in [5, 5.41) is 18.5. The van der Waals surface area contributed by atoms with E-state index < -0.39 is 0 Å². The van der Waals surface area contributed by atoms with Crippen LogP contribution in [0, 0.1) is 0 Å². The lowest BCUT2D eigenvalue weighted by molar-refractivity contribution is -0.144. The fourth-order valence-corrected chi connectivity index (χ4v) is 2.89. The predicted molar refractivity (Wildman–Crippen MR) is 99.0 cm³/mol. The van der Waals surface area contributed by atoms with Crippen LogP contribution in [0.2, 0.25) is 0 Å². The van der Waals surface area contributed by atoms with E-state index >= 15 is 0 Å². The molecule has 0 saturated heterocycles. The molecule has 0 aromatic heterocycles. The number of ether oxygens (including phenoxy) is 1. The van der Waals surface area contributed by atoms with Crippen molar-refractivity contribution >= 4 is 5.97 Å². The summed E-state index contributed by atoms with van der Waals surface area (Å²) in [4.78, 5) is 11.2. The van der Waals surface area contributed by atoms with E-state index in [9.17, 15) is 9.90 Å². The summed E-state index contributed by atoms with van der Waals surface area (Å²) < 4.78 is 4.80. The Labute approximate surface area is 149 Å². The molecule has 1 unspecified atom stereocenters. The van der Waals surface area contributed by atoms with Gasteiger partial charge < -0.3 is 14.9 Å². The molecule has 0 spiro atoms. The molecule has 4 nitrogen and oxygen atoms in total. The Balaban J connectivity index is 3.23. The van der Waals surface area contributed by atoms with Gasteiger partial charge in [0, 0.05) is 6.42 Å². The van der Waals surface area contributed by atoms with Crippen molar-refractivity contribution in [1.82, 2.24) is 0 Å². The number of unbranched alkanes of at least 4 members (excludes halogenated alkanes) is 10. The van der Waals surface area contributed by atoms with Crippen molar-refractivity contribution in [2.75, 3.05) is 13.2 Å². The molecular formula is C20H40O4. The quantitative estimate of drug-likeness (QED) is 0.278. The molecule has 4 heteroatoms. The van der Waals surface area contributed by atoms with E-state index in [4.69, 9.17) is 9.84 Å². The third-order valence-corrected chi connectivity index (χ3v) is 4.41. The maximum absolute atomic E-state index is 11.2. The lowest BCUT2D eigenvalue weighted by Crippen LogP contribution is -2.08. The molecule has 1 atom stereocenters. The van der Waals surface area contributed by atoms with Crippen molar-refractivity contribution < 1.29 is 19.7 Å². The van der Waals surface area contributed by atoms with E-state index in [1.54, 1.807) is 0 Å². The highest BCUT2D eigenvalue weighted by Crippen LogP contribution is 2.14. The molecule has 0 aliphatic heterocycles. The monoisotopic (exact) mass is 344 g/mol. The van der Waals surface area contributed by atoms with Gasteiger partial charge in [0.1, 0.15) is 6.61 Å². The summed E-state index contributed by atoms with van der Waals surface area (Å²) in [7, 11) is 0. The lowest BCUT2D eigenvalue weighted by atomic mass is 10.0. The van der Waals surface area contributed by atoms with E-state index in [0.717, 1.165) is 44.9 Å². The average molecular weight is 345 g/mol. The minimum atomic E-state index is -0.223. The number of esters is 1. The van der Waals surface area contributed by atoms with Crippen molar-refractivity contribution in [2.45, 2.75) is 109 Å². The predicted octanol–water partition coefficient (Wildman–Crippen LogP) is 4.75. The summed E-state index contributed by atoms with van der Waals surface area (Å²) in [6, 6.07) is 0. The lowest BCUT2D eigenvalue weighted by Gasteiger charge is -2.10.